The zero-order valence-electron chi connectivity index (χ0n) is 14.1. The Morgan fingerprint density at radius 1 is 0.960 bits per heavy atom. The van der Waals surface area contributed by atoms with E-state index in [2.05, 4.69) is 50.7 Å². The van der Waals surface area contributed by atoms with Crippen molar-refractivity contribution in [2.45, 2.75) is 13.5 Å². The molecule has 0 atom stereocenters. The van der Waals surface area contributed by atoms with Crippen LogP contribution in [0.25, 0.3) is 11.4 Å². The van der Waals surface area contributed by atoms with Crippen LogP contribution >= 0.6 is 0 Å². The molecular formula is C19H21N5O. The summed E-state index contributed by atoms with van der Waals surface area (Å²) in [5.41, 5.74) is 3.91. The van der Waals surface area contributed by atoms with E-state index in [0.29, 0.717) is 24.9 Å². The standard InChI is InChI=1S/C19H21N5O/c1-14-5-4-6-15(11-14)13-22-18-12-17(16-7-2-3-8-20-16)23-19(24-18)21-9-10-25/h2-8,11-12,25H,9-10,13H2,1H3,(H2,21,22,23,24). The molecule has 0 aliphatic heterocycles. The molecule has 3 rings (SSSR count). The molecule has 0 aliphatic rings. The van der Waals surface area contributed by atoms with Gasteiger partial charge in [0.25, 0.3) is 0 Å². The smallest absolute Gasteiger partial charge is 0.225 e. The second kappa shape index (κ2) is 8.21. The molecule has 3 N–H and O–H groups in total. The van der Waals surface area contributed by atoms with Crippen molar-refractivity contribution in [3.05, 3.63) is 65.9 Å². The molecule has 0 amide bonds. The molecule has 25 heavy (non-hydrogen) atoms. The normalized spacial score (nSPS) is 10.5. The van der Waals surface area contributed by atoms with E-state index in [4.69, 9.17) is 5.11 Å². The Balaban J connectivity index is 1.84. The lowest BCUT2D eigenvalue weighted by atomic mass is 10.1. The van der Waals surface area contributed by atoms with Gasteiger partial charge in [0.15, 0.2) is 0 Å². The highest BCUT2D eigenvalue weighted by Gasteiger charge is 2.07. The van der Waals surface area contributed by atoms with Crippen LogP contribution in [0, 0.1) is 6.92 Å². The number of aliphatic hydroxyl groups excluding tert-OH is 1. The number of benzene rings is 1. The third-order valence-corrected chi connectivity index (χ3v) is 3.60. The summed E-state index contributed by atoms with van der Waals surface area (Å²) in [6.07, 6.45) is 1.73. The number of aliphatic hydroxyl groups is 1. The second-order valence-electron chi connectivity index (χ2n) is 5.67. The first-order valence-corrected chi connectivity index (χ1v) is 8.19. The summed E-state index contributed by atoms with van der Waals surface area (Å²) >= 11 is 0. The van der Waals surface area contributed by atoms with Gasteiger partial charge in [-0.25, -0.2) is 4.98 Å². The molecule has 0 bridgehead atoms. The maximum absolute atomic E-state index is 9.02. The number of nitrogens with zero attached hydrogens (tertiary/aromatic N) is 3. The minimum atomic E-state index is 0.0171. The third kappa shape index (κ3) is 4.74. The maximum atomic E-state index is 9.02. The molecule has 0 aliphatic carbocycles. The zero-order chi connectivity index (χ0) is 17.5. The van der Waals surface area contributed by atoms with Gasteiger partial charge in [-0.05, 0) is 24.6 Å². The number of aromatic nitrogens is 3. The number of rotatable bonds is 7. The van der Waals surface area contributed by atoms with Crippen LogP contribution in [0.15, 0.2) is 54.7 Å². The molecule has 6 heteroatoms. The molecular weight excluding hydrogens is 314 g/mol. The molecule has 0 fully saturated rings. The first kappa shape index (κ1) is 16.9. The second-order valence-corrected chi connectivity index (χ2v) is 5.67. The van der Waals surface area contributed by atoms with E-state index in [1.165, 1.54) is 11.1 Å². The van der Waals surface area contributed by atoms with Gasteiger partial charge in [-0.3, -0.25) is 4.98 Å². The van der Waals surface area contributed by atoms with Crippen LogP contribution in [0.4, 0.5) is 11.8 Å². The Hall–Kier alpha value is -2.99. The van der Waals surface area contributed by atoms with Crippen LogP contribution in [0.3, 0.4) is 0 Å². The van der Waals surface area contributed by atoms with Gasteiger partial charge >= 0.3 is 0 Å². The van der Waals surface area contributed by atoms with Crippen molar-refractivity contribution in [2.24, 2.45) is 0 Å². The molecule has 2 aromatic heterocycles. The Morgan fingerprint density at radius 3 is 2.64 bits per heavy atom. The highest BCUT2D eigenvalue weighted by atomic mass is 16.3. The van der Waals surface area contributed by atoms with Crippen LogP contribution in [0.5, 0.6) is 0 Å². The minimum Gasteiger partial charge on any atom is -0.395 e. The maximum Gasteiger partial charge on any atom is 0.225 e. The van der Waals surface area contributed by atoms with Crippen molar-refractivity contribution in [2.75, 3.05) is 23.8 Å². The van der Waals surface area contributed by atoms with Crippen molar-refractivity contribution < 1.29 is 5.11 Å². The summed E-state index contributed by atoms with van der Waals surface area (Å²) < 4.78 is 0. The van der Waals surface area contributed by atoms with E-state index in [-0.39, 0.29) is 6.61 Å². The topological polar surface area (TPSA) is 83.0 Å². The average Bonchev–Trinajstić information content (AvgIpc) is 2.65. The van der Waals surface area contributed by atoms with E-state index in [0.717, 1.165) is 11.4 Å². The number of hydrogen-bond donors (Lipinski definition) is 3. The van der Waals surface area contributed by atoms with Gasteiger partial charge in [-0.2, -0.15) is 4.98 Å². The largest absolute Gasteiger partial charge is 0.395 e. The predicted octanol–water partition coefficient (Wildman–Crippen LogP) is 2.86. The Morgan fingerprint density at radius 2 is 1.88 bits per heavy atom. The lowest BCUT2D eigenvalue weighted by Crippen LogP contribution is -2.11. The third-order valence-electron chi connectivity index (χ3n) is 3.60. The molecule has 3 aromatic rings. The van der Waals surface area contributed by atoms with Crippen LogP contribution in [-0.2, 0) is 6.54 Å². The highest BCUT2D eigenvalue weighted by molar-refractivity contribution is 5.61. The van der Waals surface area contributed by atoms with Gasteiger partial charge < -0.3 is 15.7 Å². The average molecular weight is 335 g/mol. The monoisotopic (exact) mass is 335 g/mol. The summed E-state index contributed by atoms with van der Waals surface area (Å²) in [4.78, 5) is 13.3. The minimum absolute atomic E-state index is 0.0171. The fraction of sp³-hybridized carbons (Fsp3) is 0.211. The van der Waals surface area contributed by atoms with Crippen molar-refractivity contribution in [3.8, 4) is 11.4 Å². The predicted molar refractivity (Wildman–Crippen MR) is 99.3 cm³/mol. The van der Waals surface area contributed by atoms with Gasteiger partial charge in [0, 0.05) is 25.4 Å². The fourth-order valence-corrected chi connectivity index (χ4v) is 2.44. The Kier molecular flexibility index (Phi) is 5.53. The van der Waals surface area contributed by atoms with Crippen LogP contribution in [0.2, 0.25) is 0 Å². The summed E-state index contributed by atoms with van der Waals surface area (Å²) in [7, 11) is 0. The molecule has 0 spiro atoms. The molecule has 0 saturated carbocycles. The fourth-order valence-electron chi connectivity index (χ4n) is 2.44. The summed E-state index contributed by atoms with van der Waals surface area (Å²) in [6, 6.07) is 15.9. The number of pyridine rings is 1. The van der Waals surface area contributed by atoms with Gasteiger partial charge in [-0.1, -0.05) is 35.9 Å². The number of nitrogens with one attached hydrogen (secondary N) is 2. The zero-order valence-corrected chi connectivity index (χ0v) is 14.1. The molecule has 0 saturated heterocycles. The lowest BCUT2D eigenvalue weighted by Gasteiger charge is -2.11. The van der Waals surface area contributed by atoms with E-state index in [9.17, 15) is 0 Å². The Labute approximate surface area is 147 Å². The van der Waals surface area contributed by atoms with E-state index in [1.54, 1.807) is 6.20 Å². The summed E-state index contributed by atoms with van der Waals surface area (Å²) in [5, 5.41) is 15.4. The molecule has 0 radical (unpaired) electrons. The quantitative estimate of drug-likeness (QED) is 0.616. The molecule has 1 aromatic carbocycles. The highest BCUT2D eigenvalue weighted by Crippen LogP contribution is 2.20. The van der Waals surface area contributed by atoms with Crippen LogP contribution in [0.1, 0.15) is 11.1 Å². The van der Waals surface area contributed by atoms with Crippen molar-refractivity contribution >= 4 is 11.8 Å². The number of aryl methyl sites for hydroxylation is 1. The molecule has 6 nitrogen and oxygen atoms in total. The lowest BCUT2D eigenvalue weighted by molar-refractivity contribution is 0.311. The van der Waals surface area contributed by atoms with E-state index >= 15 is 0 Å². The number of hydrogen-bond acceptors (Lipinski definition) is 6. The van der Waals surface area contributed by atoms with Crippen LogP contribution < -0.4 is 10.6 Å². The van der Waals surface area contributed by atoms with Gasteiger partial charge in [0.05, 0.1) is 18.0 Å². The summed E-state index contributed by atoms with van der Waals surface area (Å²) in [5.74, 6) is 1.17. The van der Waals surface area contributed by atoms with Crippen molar-refractivity contribution in [1.29, 1.82) is 0 Å². The first-order chi connectivity index (χ1) is 12.2. The first-order valence-electron chi connectivity index (χ1n) is 8.19. The van der Waals surface area contributed by atoms with Gasteiger partial charge in [0.2, 0.25) is 5.95 Å². The molecule has 128 valence electrons. The van der Waals surface area contributed by atoms with Crippen LogP contribution in [-0.4, -0.2) is 33.2 Å². The van der Waals surface area contributed by atoms with Gasteiger partial charge in [0.1, 0.15) is 5.82 Å². The summed E-state index contributed by atoms with van der Waals surface area (Å²) in [6.45, 7) is 3.15. The molecule has 0 unspecified atom stereocenters. The van der Waals surface area contributed by atoms with E-state index in [1.807, 2.05) is 30.3 Å². The van der Waals surface area contributed by atoms with Crippen molar-refractivity contribution in [1.82, 2.24) is 15.0 Å². The Bertz CT molecular complexity index is 823. The van der Waals surface area contributed by atoms with Gasteiger partial charge in [-0.15, -0.1) is 0 Å². The number of anilines is 2. The van der Waals surface area contributed by atoms with E-state index < -0.39 is 0 Å². The molecule has 2 heterocycles. The van der Waals surface area contributed by atoms with Crippen molar-refractivity contribution in [3.63, 3.8) is 0 Å². The SMILES string of the molecule is Cc1cccc(CNc2cc(-c3ccccn3)nc(NCCO)n2)c1.